The van der Waals surface area contributed by atoms with E-state index in [9.17, 15) is 23.2 Å². The standard InChI is InChI=1S/C42H42F3N7O4/c43-28-18-27(19-29(44)22-28)17-25-2-7-37-35(20-25)40(50-49-37)48-42(55)34-5-3-31(23-38(34)46-30-9-15-56-16-10-30)52-13-11-51(12-14-52)24-26-1-4-32(36(45)21-26)33-6-8-39(53)47-41(33)54/h1-5,7,18-23,30,33,46H,6,8-17,24H2,(H,47,53,54)(H2,48,49,50,55). The predicted octanol–water partition coefficient (Wildman–Crippen LogP) is 6.26. The molecule has 3 aliphatic heterocycles. The molecule has 3 aliphatic rings. The van der Waals surface area contributed by atoms with Crippen molar-refractivity contribution < 1.29 is 32.3 Å². The maximum absolute atomic E-state index is 15.2. The number of hydrogen-bond donors (Lipinski definition) is 4. The number of fused-ring (bicyclic) bond motifs is 1. The van der Waals surface area contributed by atoms with Crippen molar-refractivity contribution in [2.45, 2.75) is 50.6 Å². The zero-order valence-electron chi connectivity index (χ0n) is 30.7. The number of carbonyl (C=O) groups excluding carboxylic acids is 3. The van der Waals surface area contributed by atoms with Gasteiger partial charge < -0.3 is 20.3 Å². The number of H-pyrrole nitrogens is 1. The molecule has 5 aromatic rings. The fourth-order valence-electron chi connectivity index (χ4n) is 7.86. The molecular weight excluding hydrogens is 724 g/mol. The van der Waals surface area contributed by atoms with E-state index in [2.05, 4.69) is 35.9 Å². The molecule has 4 N–H and O–H groups in total. The van der Waals surface area contributed by atoms with Crippen molar-refractivity contribution in [3.8, 4) is 0 Å². The van der Waals surface area contributed by atoms with E-state index in [1.807, 2.05) is 42.5 Å². The van der Waals surface area contributed by atoms with E-state index in [1.165, 1.54) is 18.2 Å². The summed E-state index contributed by atoms with van der Waals surface area (Å²) in [4.78, 5) is 42.3. The molecule has 11 nitrogen and oxygen atoms in total. The van der Waals surface area contributed by atoms with Gasteiger partial charge in [-0.15, -0.1) is 0 Å². The first-order valence-corrected chi connectivity index (χ1v) is 19.0. The van der Waals surface area contributed by atoms with Gasteiger partial charge in [-0.1, -0.05) is 18.2 Å². The number of aromatic amines is 1. The average Bonchev–Trinajstić information content (AvgIpc) is 3.57. The van der Waals surface area contributed by atoms with E-state index in [1.54, 1.807) is 6.07 Å². The molecule has 14 heteroatoms. The first-order valence-electron chi connectivity index (χ1n) is 19.0. The van der Waals surface area contributed by atoms with Crippen LogP contribution < -0.4 is 20.9 Å². The summed E-state index contributed by atoms with van der Waals surface area (Å²) < 4.78 is 48.4. The van der Waals surface area contributed by atoms with E-state index < -0.39 is 29.3 Å². The first kappa shape index (κ1) is 37.2. The number of rotatable bonds is 10. The molecule has 3 fully saturated rings. The molecule has 1 atom stereocenters. The highest BCUT2D eigenvalue weighted by molar-refractivity contribution is 6.11. The number of imide groups is 1. The highest BCUT2D eigenvalue weighted by Gasteiger charge is 2.30. The Morgan fingerprint density at radius 3 is 2.36 bits per heavy atom. The van der Waals surface area contributed by atoms with E-state index in [0.29, 0.717) is 71.7 Å². The van der Waals surface area contributed by atoms with Gasteiger partial charge in [0.05, 0.1) is 17.0 Å². The van der Waals surface area contributed by atoms with Crippen LogP contribution in [0.1, 0.15) is 64.2 Å². The van der Waals surface area contributed by atoms with Gasteiger partial charge in [0.1, 0.15) is 17.5 Å². The van der Waals surface area contributed by atoms with Crippen LogP contribution in [0, 0.1) is 17.5 Å². The second kappa shape index (κ2) is 16.2. The van der Waals surface area contributed by atoms with Crippen molar-refractivity contribution in [2.24, 2.45) is 0 Å². The summed E-state index contributed by atoms with van der Waals surface area (Å²) in [7, 11) is 0. The zero-order valence-corrected chi connectivity index (χ0v) is 30.7. The number of piperidine rings is 1. The number of benzene rings is 4. The Kier molecular flexibility index (Phi) is 10.7. The molecule has 0 spiro atoms. The van der Waals surface area contributed by atoms with Gasteiger partial charge in [0, 0.05) is 86.8 Å². The molecule has 0 aliphatic carbocycles. The number of hydrogen-bond acceptors (Lipinski definition) is 8. The Bertz CT molecular complexity index is 2260. The maximum Gasteiger partial charge on any atom is 0.258 e. The molecule has 3 saturated heterocycles. The number of carbonyl (C=O) groups is 3. The van der Waals surface area contributed by atoms with Crippen molar-refractivity contribution in [1.29, 1.82) is 0 Å². The Hall–Kier alpha value is -5.73. The van der Waals surface area contributed by atoms with Crippen molar-refractivity contribution in [3.63, 3.8) is 0 Å². The molecule has 290 valence electrons. The molecule has 1 unspecified atom stereocenters. The zero-order chi connectivity index (χ0) is 38.8. The maximum atomic E-state index is 15.2. The summed E-state index contributed by atoms with van der Waals surface area (Å²) >= 11 is 0. The van der Waals surface area contributed by atoms with Crippen LogP contribution >= 0.6 is 0 Å². The van der Waals surface area contributed by atoms with Gasteiger partial charge in [0.15, 0.2) is 5.82 Å². The van der Waals surface area contributed by atoms with Gasteiger partial charge in [-0.3, -0.25) is 29.7 Å². The number of amides is 3. The lowest BCUT2D eigenvalue weighted by Crippen LogP contribution is -2.46. The van der Waals surface area contributed by atoms with Gasteiger partial charge >= 0.3 is 0 Å². The summed E-state index contributed by atoms with van der Waals surface area (Å²) in [6.45, 7) is 4.75. The minimum Gasteiger partial charge on any atom is -0.381 e. The molecule has 0 saturated carbocycles. The van der Waals surface area contributed by atoms with Gasteiger partial charge in [-0.2, -0.15) is 5.10 Å². The van der Waals surface area contributed by atoms with Gasteiger partial charge in [-0.05, 0) is 90.9 Å². The van der Waals surface area contributed by atoms with Crippen molar-refractivity contribution >= 4 is 45.8 Å². The van der Waals surface area contributed by atoms with Crippen LogP contribution in [0.2, 0.25) is 0 Å². The minimum absolute atomic E-state index is 0.130. The van der Waals surface area contributed by atoms with E-state index in [0.717, 1.165) is 61.9 Å². The summed E-state index contributed by atoms with van der Waals surface area (Å²) in [5.41, 5.74) is 5.27. The Morgan fingerprint density at radius 2 is 1.61 bits per heavy atom. The fraction of sp³-hybridized carbons (Fsp3) is 0.333. The van der Waals surface area contributed by atoms with Crippen LogP contribution in [0.15, 0.2) is 72.8 Å². The highest BCUT2D eigenvalue weighted by atomic mass is 19.1. The Balaban J connectivity index is 0.950. The number of anilines is 3. The van der Waals surface area contributed by atoms with Gasteiger partial charge in [0.25, 0.3) is 5.91 Å². The molecule has 8 rings (SSSR count). The highest BCUT2D eigenvalue weighted by Crippen LogP contribution is 2.31. The summed E-state index contributed by atoms with van der Waals surface area (Å²) in [6, 6.07) is 19.9. The third kappa shape index (κ3) is 8.41. The van der Waals surface area contributed by atoms with Crippen molar-refractivity contribution in [3.05, 3.63) is 118 Å². The SMILES string of the molecule is O=C1CCC(c2ccc(CN3CCN(c4ccc(C(=O)Nc5n[nH]c6ccc(Cc7cc(F)cc(F)c7)cc56)c(NC5CCOCC5)c4)CC3)cc2F)C(=O)N1. The topological polar surface area (TPSA) is 132 Å². The molecule has 0 bridgehead atoms. The van der Waals surface area contributed by atoms with Crippen LogP contribution in [-0.4, -0.2) is 78.3 Å². The normalized spacial score (nSPS) is 18.3. The third-order valence-corrected chi connectivity index (χ3v) is 10.8. The van der Waals surface area contributed by atoms with Crippen LogP contribution in [-0.2, 0) is 27.3 Å². The molecule has 56 heavy (non-hydrogen) atoms. The van der Waals surface area contributed by atoms with Crippen molar-refractivity contribution in [1.82, 2.24) is 20.4 Å². The summed E-state index contributed by atoms with van der Waals surface area (Å²) in [5.74, 6) is -3.15. The Morgan fingerprint density at radius 1 is 0.839 bits per heavy atom. The molecular formula is C42H42F3N7O4. The second-order valence-electron chi connectivity index (χ2n) is 14.7. The monoisotopic (exact) mass is 765 g/mol. The number of nitrogens with one attached hydrogen (secondary N) is 4. The van der Waals surface area contributed by atoms with Crippen LogP contribution in [0.25, 0.3) is 10.9 Å². The van der Waals surface area contributed by atoms with E-state index in [-0.39, 0.29) is 24.3 Å². The number of ether oxygens (including phenoxy) is 1. The number of nitrogens with zero attached hydrogens (tertiary/aromatic N) is 3. The molecule has 4 aromatic carbocycles. The number of aromatic nitrogens is 2. The first-order chi connectivity index (χ1) is 27.1. The quantitative estimate of drug-likeness (QED) is 0.123. The van der Waals surface area contributed by atoms with E-state index in [4.69, 9.17) is 4.74 Å². The fourth-order valence-corrected chi connectivity index (χ4v) is 7.86. The molecule has 4 heterocycles. The largest absolute Gasteiger partial charge is 0.381 e. The summed E-state index contributed by atoms with van der Waals surface area (Å²) in [5, 5.41) is 16.9. The van der Waals surface area contributed by atoms with Crippen LogP contribution in [0.4, 0.5) is 30.4 Å². The molecule has 3 amide bonds. The van der Waals surface area contributed by atoms with Crippen LogP contribution in [0.3, 0.4) is 0 Å². The van der Waals surface area contributed by atoms with Crippen molar-refractivity contribution in [2.75, 3.05) is 54.9 Å². The smallest absolute Gasteiger partial charge is 0.258 e. The average molecular weight is 766 g/mol. The lowest BCUT2D eigenvalue weighted by atomic mass is 9.89. The predicted molar refractivity (Wildman–Crippen MR) is 206 cm³/mol. The van der Waals surface area contributed by atoms with Gasteiger partial charge in [0.2, 0.25) is 11.8 Å². The molecule has 1 aromatic heterocycles. The minimum atomic E-state index is -0.666. The van der Waals surface area contributed by atoms with Crippen LogP contribution in [0.5, 0.6) is 0 Å². The second-order valence-corrected chi connectivity index (χ2v) is 14.7. The van der Waals surface area contributed by atoms with E-state index >= 15 is 4.39 Å². The summed E-state index contributed by atoms with van der Waals surface area (Å²) in [6.07, 6.45) is 2.41. The van der Waals surface area contributed by atoms with Gasteiger partial charge in [-0.25, -0.2) is 13.2 Å². The third-order valence-electron chi connectivity index (χ3n) is 10.8. The number of piperazine rings is 1. The number of halogens is 3. The molecule has 0 radical (unpaired) electrons. The lowest BCUT2D eigenvalue weighted by Gasteiger charge is -2.36. The Labute approximate surface area is 321 Å². The lowest BCUT2D eigenvalue weighted by molar-refractivity contribution is -0.134.